The summed E-state index contributed by atoms with van der Waals surface area (Å²) >= 11 is 0. The smallest absolute Gasteiger partial charge is 0.407 e. The molecule has 2 amide bonds. The lowest BCUT2D eigenvalue weighted by molar-refractivity contribution is -0.117. The van der Waals surface area contributed by atoms with Crippen molar-refractivity contribution < 1.29 is 18.7 Å². The fourth-order valence-corrected chi connectivity index (χ4v) is 1.24. The largest absolute Gasteiger partial charge is 0.447 e. The van der Waals surface area contributed by atoms with E-state index in [0.717, 1.165) is 12.3 Å². The third-order valence-corrected chi connectivity index (χ3v) is 1.96. The first-order chi connectivity index (χ1) is 7.65. The number of ether oxygens (including phenoxy) is 1. The van der Waals surface area contributed by atoms with Gasteiger partial charge in [0.25, 0.3) is 5.91 Å². The molecular weight excluding hydrogens is 217 g/mol. The minimum atomic E-state index is -0.754. The number of cyclic esters (lactones) is 1. The number of carbonyl (C=O) groups is 2. The molecule has 1 aliphatic heterocycles. The number of nitrogens with zero attached hydrogens (tertiary/aromatic N) is 1. The first-order valence-electron chi connectivity index (χ1n) is 4.50. The summed E-state index contributed by atoms with van der Waals surface area (Å²) in [4.78, 5) is 25.8. The van der Waals surface area contributed by atoms with Crippen molar-refractivity contribution in [3.05, 3.63) is 24.3 Å². The summed E-state index contributed by atoms with van der Waals surface area (Å²) in [7, 11) is 0. The quantitative estimate of drug-likeness (QED) is 0.756. The number of rotatable bonds is 2. The Balaban J connectivity index is 1.99. The second kappa shape index (κ2) is 4.13. The molecule has 7 heteroatoms. The van der Waals surface area contributed by atoms with E-state index in [0.29, 0.717) is 0 Å². The van der Waals surface area contributed by atoms with Crippen molar-refractivity contribution in [1.82, 2.24) is 10.3 Å². The monoisotopic (exact) mass is 225 g/mol. The average molecular weight is 225 g/mol. The third-order valence-electron chi connectivity index (χ3n) is 1.96. The normalized spacial score (nSPS) is 18.8. The number of halogens is 1. The minimum Gasteiger partial charge on any atom is -0.447 e. The highest BCUT2D eigenvalue weighted by Gasteiger charge is 2.28. The molecule has 0 aromatic carbocycles. The third kappa shape index (κ3) is 2.25. The molecule has 16 heavy (non-hydrogen) atoms. The van der Waals surface area contributed by atoms with Gasteiger partial charge >= 0.3 is 6.09 Å². The number of carbonyl (C=O) groups excluding carboxylic acids is 2. The number of anilines is 1. The molecular formula is C9H8FN3O3. The van der Waals surface area contributed by atoms with Crippen LogP contribution >= 0.6 is 0 Å². The van der Waals surface area contributed by atoms with Gasteiger partial charge in [-0.15, -0.1) is 0 Å². The lowest BCUT2D eigenvalue weighted by atomic mass is 10.3. The second-order valence-corrected chi connectivity index (χ2v) is 3.18. The minimum absolute atomic E-state index is 0.0343. The van der Waals surface area contributed by atoms with Gasteiger partial charge in [-0.05, 0) is 0 Å². The molecule has 1 aliphatic rings. The summed E-state index contributed by atoms with van der Waals surface area (Å²) in [6.45, 7) is -0.0343. The Bertz CT molecular complexity index is 438. The number of pyridine rings is 1. The van der Waals surface area contributed by atoms with Crippen LogP contribution in [-0.2, 0) is 9.53 Å². The Hall–Kier alpha value is -2.18. The number of amides is 2. The predicted octanol–water partition coefficient (Wildman–Crippen LogP) is 0.268. The summed E-state index contributed by atoms with van der Waals surface area (Å²) in [5, 5.41) is 4.71. The van der Waals surface area contributed by atoms with E-state index in [1.807, 2.05) is 0 Å². The molecule has 0 aliphatic carbocycles. The standard InChI is InChI=1S/C9H8FN3O3/c10-5-1-6(3-11-2-5)12-8(14)7-4-16-9(15)13-7/h1-3,7H,4H2,(H,12,14)(H,13,15). The van der Waals surface area contributed by atoms with Gasteiger partial charge in [0.2, 0.25) is 0 Å². The molecule has 1 aromatic heterocycles. The van der Waals surface area contributed by atoms with Crippen molar-refractivity contribution in [1.29, 1.82) is 0 Å². The molecule has 2 heterocycles. The summed E-state index contributed by atoms with van der Waals surface area (Å²) in [6.07, 6.45) is 1.69. The van der Waals surface area contributed by atoms with Gasteiger partial charge in [-0.1, -0.05) is 0 Å². The molecule has 0 radical (unpaired) electrons. The molecule has 2 rings (SSSR count). The van der Waals surface area contributed by atoms with E-state index in [2.05, 4.69) is 20.4 Å². The van der Waals surface area contributed by atoms with E-state index in [4.69, 9.17) is 0 Å². The zero-order chi connectivity index (χ0) is 11.5. The Morgan fingerprint density at radius 1 is 1.62 bits per heavy atom. The van der Waals surface area contributed by atoms with Gasteiger partial charge in [-0.25, -0.2) is 9.18 Å². The topological polar surface area (TPSA) is 80.3 Å². The first-order valence-corrected chi connectivity index (χ1v) is 4.50. The molecule has 1 unspecified atom stereocenters. The van der Waals surface area contributed by atoms with Crippen LogP contribution in [-0.4, -0.2) is 29.6 Å². The van der Waals surface area contributed by atoms with Gasteiger partial charge in [0.05, 0.1) is 18.1 Å². The van der Waals surface area contributed by atoms with Crippen LogP contribution in [0.2, 0.25) is 0 Å². The maximum Gasteiger partial charge on any atom is 0.407 e. The molecule has 1 fully saturated rings. The zero-order valence-electron chi connectivity index (χ0n) is 8.07. The Kier molecular flexibility index (Phi) is 2.67. The molecule has 0 saturated carbocycles. The summed E-state index contributed by atoms with van der Waals surface area (Å²) in [5.41, 5.74) is 0.228. The first kappa shape index (κ1) is 10.3. The molecule has 6 nitrogen and oxygen atoms in total. The molecule has 1 saturated heterocycles. The highest BCUT2D eigenvalue weighted by molar-refractivity contribution is 5.97. The van der Waals surface area contributed by atoms with Crippen LogP contribution in [0, 0.1) is 5.82 Å². The molecule has 84 valence electrons. The lowest BCUT2D eigenvalue weighted by Gasteiger charge is -2.08. The molecule has 2 N–H and O–H groups in total. The van der Waals surface area contributed by atoms with Crippen molar-refractivity contribution in [3.63, 3.8) is 0 Å². The van der Waals surface area contributed by atoms with Crippen molar-refractivity contribution in [3.8, 4) is 0 Å². The van der Waals surface area contributed by atoms with E-state index >= 15 is 0 Å². The van der Waals surface area contributed by atoms with Gasteiger partial charge in [-0.2, -0.15) is 0 Å². The fraction of sp³-hybridized carbons (Fsp3) is 0.222. The van der Waals surface area contributed by atoms with Gasteiger partial charge < -0.3 is 15.4 Å². The summed E-state index contributed by atoms with van der Waals surface area (Å²) in [5.74, 6) is -1.03. The molecule has 1 aromatic rings. The van der Waals surface area contributed by atoms with Crippen LogP contribution in [0.15, 0.2) is 18.5 Å². The molecule has 1 atom stereocenters. The van der Waals surface area contributed by atoms with Gasteiger partial charge in [-0.3, -0.25) is 9.78 Å². The van der Waals surface area contributed by atoms with Crippen LogP contribution in [0.4, 0.5) is 14.9 Å². The zero-order valence-corrected chi connectivity index (χ0v) is 8.07. The van der Waals surface area contributed by atoms with E-state index in [1.165, 1.54) is 6.20 Å². The SMILES string of the molecule is O=C1NC(C(=O)Nc2cncc(F)c2)CO1. The van der Waals surface area contributed by atoms with Crippen molar-refractivity contribution >= 4 is 17.7 Å². The van der Waals surface area contributed by atoms with Crippen LogP contribution in [0.3, 0.4) is 0 Å². The van der Waals surface area contributed by atoms with Crippen molar-refractivity contribution in [2.45, 2.75) is 6.04 Å². The number of hydrogen-bond donors (Lipinski definition) is 2. The Labute approximate surface area is 89.8 Å². The maximum atomic E-state index is 12.7. The van der Waals surface area contributed by atoms with E-state index in [1.54, 1.807) is 0 Å². The number of hydrogen-bond acceptors (Lipinski definition) is 4. The highest BCUT2D eigenvalue weighted by Crippen LogP contribution is 2.08. The Morgan fingerprint density at radius 3 is 3.06 bits per heavy atom. The van der Waals surface area contributed by atoms with Crippen molar-refractivity contribution in [2.24, 2.45) is 0 Å². The number of nitrogens with one attached hydrogen (secondary N) is 2. The number of aromatic nitrogens is 1. The van der Waals surface area contributed by atoms with Gasteiger partial charge in [0.1, 0.15) is 18.5 Å². The van der Waals surface area contributed by atoms with Gasteiger partial charge in [0.15, 0.2) is 0 Å². The second-order valence-electron chi connectivity index (χ2n) is 3.18. The van der Waals surface area contributed by atoms with Crippen LogP contribution in [0.25, 0.3) is 0 Å². The van der Waals surface area contributed by atoms with Crippen LogP contribution < -0.4 is 10.6 Å². The van der Waals surface area contributed by atoms with E-state index in [-0.39, 0.29) is 12.3 Å². The fourth-order valence-electron chi connectivity index (χ4n) is 1.24. The van der Waals surface area contributed by atoms with Crippen LogP contribution in [0.1, 0.15) is 0 Å². The maximum absolute atomic E-state index is 12.7. The van der Waals surface area contributed by atoms with Crippen molar-refractivity contribution in [2.75, 3.05) is 11.9 Å². The van der Waals surface area contributed by atoms with Gasteiger partial charge in [0, 0.05) is 6.07 Å². The highest BCUT2D eigenvalue weighted by atomic mass is 19.1. The summed E-state index contributed by atoms with van der Waals surface area (Å²) in [6, 6.07) is 0.374. The lowest BCUT2D eigenvalue weighted by Crippen LogP contribution is -2.38. The summed E-state index contributed by atoms with van der Waals surface area (Å²) < 4.78 is 17.3. The Morgan fingerprint density at radius 2 is 2.44 bits per heavy atom. The van der Waals surface area contributed by atoms with E-state index < -0.39 is 23.9 Å². The predicted molar refractivity (Wildman–Crippen MR) is 51.1 cm³/mol. The van der Waals surface area contributed by atoms with E-state index in [9.17, 15) is 14.0 Å². The molecule has 0 bridgehead atoms. The average Bonchev–Trinajstić information content (AvgIpc) is 2.65. The van der Waals surface area contributed by atoms with Crippen LogP contribution in [0.5, 0.6) is 0 Å². The molecule has 0 spiro atoms. The number of alkyl carbamates (subject to hydrolysis) is 1.